The smallest absolute Gasteiger partial charge is 0.235 e. The zero-order valence-corrected chi connectivity index (χ0v) is 15.9. The van der Waals surface area contributed by atoms with Crippen LogP contribution in [0.15, 0.2) is 41.8 Å². The Morgan fingerprint density at radius 2 is 1.78 bits per heavy atom. The van der Waals surface area contributed by atoms with Gasteiger partial charge in [-0.05, 0) is 5.56 Å². The van der Waals surface area contributed by atoms with E-state index in [2.05, 4.69) is 20.3 Å². The number of hydrogen-bond acceptors (Lipinski definition) is 9. The van der Waals surface area contributed by atoms with Crippen LogP contribution in [0.3, 0.4) is 0 Å². The van der Waals surface area contributed by atoms with Gasteiger partial charge in [-0.15, -0.1) is 11.3 Å². The third-order valence-corrected chi connectivity index (χ3v) is 4.40. The summed E-state index contributed by atoms with van der Waals surface area (Å²) in [5, 5.41) is 5.55. The fourth-order valence-corrected chi connectivity index (χ4v) is 3.01. The van der Waals surface area contributed by atoms with E-state index in [4.69, 9.17) is 19.9 Å². The Morgan fingerprint density at radius 1 is 1.07 bits per heavy atom. The van der Waals surface area contributed by atoms with Crippen LogP contribution in [0.5, 0.6) is 11.8 Å². The summed E-state index contributed by atoms with van der Waals surface area (Å²) >= 11 is 1.41. The molecule has 0 amide bonds. The van der Waals surface area contributed by atoms with Gasteiger partial charge in [-0.25, -0.2) is 4.98 Å². The average molecular weight is 387 g/mol. The Morgan fingerprint density at radius 3 is 2.44 bits per heavy atom. The molecule has 3 rings (SSSR count). The molecule has 27 heavy (non-hydrogen) atoms. The van der Waals surface area contributed by atoms with E-state index in [1.165, 1.54) is 25.6 Å². The van der Waals surface area contributed by atoms with E-state index >= 15 is 0 Å². The minimum atomic E-state index is -0.318. The molecule has 0 fully saturated rings. The van der Waals surface area contributed by atoms with Crippen LogP contribution in [0, 0.1) is 0 Å². The lowest BCUT2D eigenvalue weighted by molar-refractivity contribution is 0.107. The Bertz CT molecular complexity index is 837. The first kappa shape index (κ1) is 19.0. The van der Waals surface area contributed by atoms with Crippen LogP contribution in [0.4, 0.5) is 11.1 Å². The van der Waals surface area contributed by atoms with Gasteiger partial charge in [0.05, 0.1) is 45.2 Å². The Kier molecular flexibility index (Phi) is 6.53. The molecule has 142 valence electrons. The number of nitrogens with one attached hydrogen (secondary N) is 1. The van der Waals surface area contributed by atoms with Gasteiger partial charge in [-0.2, -0.15) is 9.97 Å². The van der Waals surface area contributed by atoms with Crippen LogP contribution in [-0.2, 0) is 11.3 Å². The molecule has 1 unspecified atom stereocenters. The maximum Gasteiger partial charge on any atom is 0.235 e. The molecule has 3 N–H and O–H groups in total. The van der Waals surface area contributed by atoms with Crippen molar-refractivity contribution in [2.75, 3.05) is 26.1 Å². The first-order valence-corrected chi connectivity index (χ1v) is 9.12. The van der Waals surface area contributed by atoms with Gasteiger partial charge in [0.1, 0.15) is 0 Å². The highest BCUT2D eigenvalue weighted by molar-refractivity contribution is 7.13. The van der Waals surface area contributed by atoms with Gasteiger partial charge in [-0.1, -0.05) is 30.3 Å². The lowest BCUT2D eigenvalue weighted by atomic mass is 10.2. The molecule has 0 aliphatic rings. The van der Waals surface area contributed by atoms with Crippen molar-refractivity contribution in [2.24, 2.45) is 5.73 Å². The molecule has 2 aromatic heterocycles. The molecule has 0 aliphatic heterocycles. The summed E-state index contributed by atoms with van der Waals surface area (Å²) in [5.41, 5.74) is 8.02. The highest BCUT2D eigenvalue weighted by atomic mass is 32.1. The molecular formula is C18H21N5O3S. The summed E-state index contributed by atoms with van der Waals surface area (Å²) in [7, 11) is 3.06. The molecule has 2 heterocycles. The molecule has 3 aromatic rings. The van der Waals surface area contributed by atoms with E-state index in [9.17, 15) is 0 Å². The Balaban J connectivity index is 1.57. The number of nitrogens with zero attached hydrogens (tertiary/aromatic N) is 3. The predicted molar refractivity (Wildman–Crippen MR) is 104 cm³/mol. The number of ether oxygens (including phenoxy) is 3. The summed E-state index contributed by atoms with van der Waals surface area (Å²) < 4.78 is 16.0. The van der Waals surface area contributed by atoms with Crippen molar-refractivity contribution in [2.45, 2.75) is 12.6 Å². The van der Waals surface area contributed by atoms with Gasteiger partial charge in [-0.3, -0.25) is 5.32 Å². The van der Waals surface area contributed by atoms with Gasteiger partial charge in [0.25, 0.3) is 0 Å². The van der Waals surface area contributed by atoms with Crippen molar-refractivity contribution in [3.05, 3.63) is 53.0 Å². The molecule has 0 saturated carbocycles. The second-order valence-corrected chi connectivity index (χ2v) is 6.44. The Hall–Kier alpha value is -2.75. The molecule has 0 aliphatic carbocycles. The molecule has 1 atom stereocenters. The van der Waals surface area contributed by atoms with E-state index in [0.717, 1.165) is 11.3 Å². The zero-order chi connectivity index (χ0) is 19.1. The SMILES string of the molecule is COc1cc(OC)nc(Nc2nc(C(N)COCc3ccccc3)cs2)n1. The van der Waals surface area contributed by atoms with E-state index in [1.54, 1.807) is 6.07 Å². The minimum absolute atomic E-state index is 0.318. The van der Waals surface area contributed by atoms with Gasteiger partial charge in [0.2, 0.25) is 17.7 Å². The van der Waals surface area contributed by atoms with Gasteiger partial charge >= 0.3 is 0 Å². The fraction of sp³-hybridized carbons (Fsp3) is 0.278. The van der Waals surface area contributed by atoms with E-state index in [-0.39, 0.29) is 6.04 Å². The zero-order valence-electron chi connectivity index (χ0n) is 15.1. The molecule has 0 radical (unpaired) electrons. The van der Waals surface area contributed by atoms with E-state index < -0.39 is 0 Å². The molecular weight excluding hydrogens is 366 g/mol. The average Bonchev–Trinajstić information content (AvgIpc) is 3.17. The Labute approximate surface area is 161 Å². The summed E-state index contributed by atoms with van der Waals surface area (Å²) in [6.45, 7) is 0.892. The summed E-state index contributed by atoms with van der Waals surface area (Å²) in [6.07, 6.45) is 0. The van der Waals surface area contributed by atoms with Crippen molar-refractivity contribution in [1.82, 2.24) is 15.0 Å². The topological polar surface area (TPSA) is 104 Å². The maximum absolute atomic E-state index is 6.18. The van der Waals surface area contributed by atoms with Crippen LogP contribution in [0.25, 0.3) is 0 Å². The van der Waals surface area contributed by atoms with Crippen molar-refractivity contribution in [3.63, 3.8) is 0 Å². The second kappa shape index (κ2) is 9.26. The normalized spacial score (nSPS) is 11.8. The van der Waals surface area contributed by atoms with Gasteiger partial charge in [0.15, 0.2) is 5.13 Å². The number of nitrogens with two attached hydrogens (primary N) is 1. The number of aromatic nitrogens is 3. The van der Waals surface area contributed by atoms with Crippen LogP contribution < -0.4 is 20.5 Å². The highest BCUT2D eigenvalue weighted by Crippen LogP contribution is 2.24. The quantitative estimate of drug-likeness (QED) is 0.577. The monoisotopic (exact) mass is 387 g/mol. The number of methoxy groups -OCH3 is 2. The summed E-state index contributed by atoms with van der Waals surface area (Å²) in [5.74, 6) is 1.13. The van der Waals surface area contributed by atoms with E-state index in [0.29, 0.717) is 36.1 Å². The van der Waals surface area contributed by atoms with E-state index in [1.807, 2.05) is 35.7 Å². The third-order valence-electron chi connectivity index (χ3n) is 3.63. The van der Waals surface area contributed by atoms with Crippen molar-refractivity contribution in [3.8, 4) is 11.8 Å². The van der Waals surface area contributed by atoms with Gasteiger partial charge < -0.3 is 19.9 Å². The maximum atomic E-state index is 6.18. The third kappa shape index (κ3) is 5.36. The molecule has 0 spiro atoms. The second-order valence-electron chi connectivity index (χ2n) is 5.59. The van der Waals surface area contributed by atoms with Crippen molar-refractivity contribution in [1.29, 1.82) is 0 Å². The first-order valence-electron chi connectivity index (χ1n) is 8.24. The van der Waals surface area contributed by atoms with Crippen LogP contribution in [0.2, 0.25) is 0 Å². The lowest BCUT2D eigenvalue weighted by Crippen LogP contribution is -2.17. The summed E-state index contributed by atoms with van der Waals surface area (Å²) in [4.78, 5) is 12.9. The van der Waals surface area contributed by atoms with Crippen molar-refractivity contribution >= 4 is 22.4 Å². The van der Waals surface area contributed by atoms with Crippen LogP contribution >= 0.6 is 11.3 Å². The number of thiazole rings is 1. The standard InChI is InChI=1S/C18H21N5O3S/c1-24-15-8-16(25-2)22-17(21-15)23-18-20-14(11-27-18)13(19)10-26-9-12-6-4-3-5-7-12/h3-8,11,13H,9-10,19H2,1-2H3,(H,20,21,22,23). The largest absolute Gasteiger partial charge is 0.481 e. The minimum Gasteiger partial charge on any atom is -0.481 e. The lowest BCUT2D eigenvalue weighted by Gasteiger charge is -2.10. The molecule has 0 saturated heterocycles. The van der Waals surface area contributed by atoms with Crippen LogP contribution in [0.1, 0.15) is 17.3 Å². The van der Waals surface area contributed by atoms with Crippen LogP contribution in [-0.4, -0.2) is 35.8 Å². The van der Waals surface area contributed by atoms with Crippen molar-refractivity contribution < 1.29 is 14.2 Å². The molecule has 1 aromatic carbocycles. The number of rotatable bonds is 9. The summed E-state index contributed by atoms with van der Waals surface area (Å²) in [6, 6.07) is 11.2. The highest BCUT2D eigenvalue weighted by Gasteiger charge is 2.13. The number of hydrogen-bond donors (Lipinski definition) is 2. The first-order chi connectivity index (χ1) is 13.2. The molecule has 9 heteroatoms. The molecule has 8 nitrogen and oxygen atoms in total. The number of anilines is 2. The molecule has 0 bridgehead atoms. The predicted octanol–water partition coefficient (Wildman–Crippen LogP) is 2.91. The number of benzene rings is 1. The fourth-order valence-electron chi connectivity index (χ4n) is 2.24. The van der Waals surface area contributed by atoms with Gasteiger partial charge in [0, 0.05) is 5.38 Å².